The number of piperazine rings is 1. The van der Waals surface area contributed by atoms with E-state index in [-0.39, 0.29) is 36.6 Å². The molecule has 5 amide bonds. The largest absolute Gasteiger partial charge is 0.353 e. The van der Waals surface area contributed by atoms with E-state index in [9.17, 15) is 19.2 Å². The molecule has 0 bridgehead atoms. The van der Waals surface area contributed by atoms with Crippen LogP contribution in [0.15, 0.2) is 18.2 Å². The fourth-order valence-electron chi connectivity index (χ4n) is 3.54. The summed E-state index contributed by atoms with van der Waals surface area (Å²) in [7, 11) is 0. The molecule has 8 heteroatoms. The lowest BCUT2D eigenvalue weighted by Gasteiger charge is -2.35. The van der Waals surface area contributed by atoms with E-state index in [1.807, 2.05) is 6.92 Å². The summed E-state index contributed by atoms with van der Waals surface area (Å²) in [4.78, 5) is 51.3. The smallest absolute Gasteiger partial charge is 0.322 e. The van der Waals surface area contributed by atoms with Crippen LogP contribution in [0.4, 0.5) is 16.2 Å². The maximum Gasteiger partial charge on any atom is 0.322 e. The quantitative estimate of drug-likeness (QED) is 0.787. The Kier molecular flexibility index (Phi) is 5.43. The summed E-state index contributed by atoms with van der Waals surface area (Å²) in [5.41, 5.74) is 1.82. The van der Waals surface area contributed by atoms with Crippen LogP contribution >= 0.6 is 0 Å². The minimum atomic E-state index is -0.469. The van der Waals surface area contributed by atoms with Crippen molar-refractivity contribution in [1.82, 2.24) is 10.2 Å². The van der Waals surface area contributed by atoms with Crippen molar-refractivity contribution < 1.29 is 19.2 Å². The molecule has 1 aromatic rings. The summed E-state index contributed by atoms with van der Waals surface area (Å²) in [6.07, 6.45) is 1.86. The highest BCUT2D eigenvalue weighted by atomic mass is 16.2. The second kappa shape index (κ2) is 7.77. The molecule has 1 atom stereocenters. The molecule has 144 valence electrons. The summed E-state index contributed by atoms with van der Waals surface area (Å²) in [6.45, 7) is 4.65. The minimum absolute atomic E-state index is 0.129. The number of anilines is 2. The molecule has 8 nitrogen and oxygen atoms in total. The van der Waals surface area contributed by atoms with Gasteiger partial charge in [-0.15, -0.1) is 0 Å². The van der Waals surface area contributed by atoms with Gasteiger partial charge in [-0.25, -0.2) is 4.79 Å². The van der Waals surface area contributed by atoms with Crippen LogP contribution in [0.2, 0.25) is 0 Å². The van der Waals surface area contributed by atoms with Crippen LogP contribution in [0.3, 0.4) is 0 Å². The number of urea groups is 1. The number of nitrogens with one attached hydrogen (secondary N) is 2. The monoisotopic (exact) mass is 372 g/mol. The highest BCUT2D eigenvalue weighted by Gasteiger charge is 2.33. The summed E-state index contributed by atoms with van der Waals surface area (Å²) >= 11 is 0. The number of amides is 5. The van der Waals surface area contributed by atoms with Crippen LogP contribution in [0.5, 0.6) is 0 Å². The summed E-state index contributed by atoms with van der Waals surface area (Å²) in [5.74, 6) is -0.543. The van der Waals surface area contributed by atoms with Gasteiger partial charge in [0.15, 0.2) is 0 Å². The van der Waals surface area contributed by atoms with Crippen molar-refractivity contribution in [3.8, 4) is 0 Å². The zero-order valence-corrected chi connectivity index (χ0v) is 15.6. The third-order valence-corrected chi connectivity index (χ3v) is 4.89. The Morgan fingerprint density at radius 3 is 2.56 bits per heavy atom. The number of hydrogen-bond acceptors (Lipinski definition) is 4. The normalized spacial score (nSPS) is 20.1. The van der Waals surface area contributed by atoms with Crippen LogP contribution in [-0.2, 0) is 14.4 Å². The van der Waals surface area contributed by atoms with Crippen molar-refractivity contribution >= 4 is 35.1 Å². The lowest BCUT2D eigenvalue weighted by molar-refractivity contribution is -0.127. The fraction of sp³-hybridized carbons (Fsp3) is 0.474. The second-order valence-corrected chi connectivity index (χ2v) is 6.84. The minimum Gasteiger partial charge on any atom is -0.353 e. The molecule has 0 aromatic heterocycles. The Hall–Kier alpha value is -2.90. The molecule has 2 saturated heterocycles. The maximum absolute atomic E-state index is 12.7. The van der Waals surface area contributed by atoms with Gasteiger partial charge in [-0.1, -0.05) is 13.3 Å². The third kappa shape index (κ3) is 3.79. The molecule has 2 N–H and O–H groups in total. The van der Waals surface area contributed by atoms with Gasteiger partial charge in [-0.2, -0.15) is 0 Å². The van der Waals surface area contributed by atoms with Gasteiger partial charge in [0.1, 0.15) is 6.04 Å². The van der Waals surface area contributed by atoms with E-state index >= 15 is 0 Å². The number of hydrogen-bond donors (Lipinski definition) is 2. The molecule has 0 radical (unpaired) electrons. The van der Waals surface area contributed by atoms with E-state index < -0.39 is 6.04 Å². The first-order chi connectivity index (χ1) is 12.9. The molecule has 1 unspecified atom stereocenters. The van der Waals surface area contributed by atoms with Crippen LogP contribution in [-0.4, -0.2) is 47.8 Å². The van der Waals surface area contributed by atoms with E-state index in [4.69, 9.17) is 0 Å². The Morgan fingerprint density at radius 2 is 1.93 bits per heavy atom. The topological polar surface area (TPSA) is 98.8 Å². The number of nitrogens with zero attached hydrogens (tertiary/aromatic N) is 2. The van der Waals surface area contributed by atoms with Gasteiger partial charge in [0, 0.05) is 31.6 Å². The van der Waals surface area contributed by atoms with E-state index in [0.29, 0.717) is 30.9 Å². The number of rotatable bonds is 4. The van der Waals surface area contributed by atoms with E-state index in [2.05, 4.69) is 10.6 Å². The van der Waals surface area contributed by atoms with Crippen molar-refractivity contribution in [3.63, 3.8) is 0 Å². The van der Waals surface area contributed by atoms with Crippen molar-refractivity contribution in [1.29, 1.82) is 0 Å². The Labute approximate surface area is 157 Å². The molecule has 2 aliphatic heterocycles. The predicted octanol–water partition coefficient (Wildman–Crippen LogP) is 1.78. The number of carbonyl (C=O) groups excluding carboxylic acids is 4. The van der Waals surface area contributed by atoms with Gasteiger partial charge in [-0.3, -0.25) is 19.3 Å². The van der Waals surface area contributed by atoms with Gasteiger partial charge < -0.3 is 15.5 Å². The zero-order valence-electron chi connectivity index (χ0n) is 15.6. The number of benzene rings is 1. The lowest BCUT2D eigenvalue weighted by Crippen LogP contribution is -2.58. The fourth-order valence-corrected chi connectivity index (χ4v) is 3.54. The van der Waals surface area contributed by atoms with Crippen molar-refractivity contribution in [2.75, 3.05) is 23.3 Å². The molecule has 27 heavy (non-hydrogen) atoms. The van der Waals surface area contributed by atoms with Crippen molar-refractivity contribution in [2.24, 2.45) is 0 Å². The molecule has 3 rings (SSSR count). The molecule has 0 aliphatic carbocycles. The standard InChI is InChI=1S/C19H24N4O4/c1-3-4-15-18(26)20-9-10-22(15)19(27)21-13-5-6-14(12(2)11-13)23-16(24)7-8-17(23)25/h5-6,11,15H,3-4,7-10H2,1-2H3,(H,20,26)(H,21,27). The SMILES string of the molecule is CCCC1C(=O)NCCN1C(=O)Nc1ccc(N2C(=O)CCC2=O)c(C)c1. The molecule has 1 aromatic carbocycles. The predicted molar refractivity (Wildman–Crippen MR) is 100 cm³/mol. The molecular weight excluding hydrogens is 348 g/mol. The second-order valence-electron chi connectivity index (χ2n) is 6.84. The highest BCUT2D eigenvalue weighted by Crippen LogP contribution is 2.28. The van der Waals surface area contributed by atoms with Crippen LogP contribution in [0, 0.1) is 6.92 Å². The van der Waals surface area contributed by atoms with Crippen LogP contribution in [0.25, 0.3) is 0 Å². The molecular formula is C19H24N4O4. The molecule has 2 heterocycles. The summed E-state index contributed by atoms with van der Waals surface area (Å²) in [5, 5.41) is 5.61. The van der Waals surface area contributed by atoms with Crippen LogP contribution < -0.4 is 15.5 Å². The average molecular weight is 372 g/mol. The zero-order chi connectivity index (χ0) is 19.6. The average Bonchev–Trinajstić information content (AvgIpc) is 2.96. The van der Waals surface area contributed by atoms with E-state index in [1.165, 1.54) is 4.90 Å². The first-order valence-corrected chi connectivity index (χ1v) is 9.24. The number of imide groups is 1. The Balaban J connectivity index is 1.74. The first-order valence-electron chi connectivity index (χ1n) is 9.24. The Bertz CT molecular complexity index is 776. The molecule has 2 fully saturated rings. The maximum atomic E-state index is 12.7. The first kappa shape index (κ1) is 18.9. The Morgan fingerprint density at radius 1 is 1.22 bits per heavy atom. The molecule has 0 saturated carbocycles. The summed E-state index contributed by atoms with van der Waals surface area (Å²) in [6, 6.07) is 4.26. The number of aryl methyl sites for hydroxylation is 1. The van der Waals surface area contributed by atoms with E-state index in [0.717, 1.165) is 12.0 Å². The highest BCUT2D eigenvalue weighted by molar-refractivity contribution is 6.20. The van der Waals surface area contributed by atoms with Gasteiger partial charge in [-0.05, 0) is 37.1 Å². The molecule has 0 spiro atoms. The van der Waals surface area contributed by atoms with Gasteiger partial charge in [0.2, 0.25) is 17.7 Å². The van der Waals surface area contributed by atoms with Crippen LogP contribution in [0.1, 0.15) is 38.2 Å². The third-order valence-electron chi connectivity index (χ3n) is 4.89. The van der Waals surface area contributed by atoms with Crippen molar-refractivity contribution in [2.45, 2.75) is 45.6 Å². The van der Waals surface area contributed by atoms with Gasteiger partial charge >= 0.3 is 6.03 Å². The number of carbonyl (C=O) groups is 4. The van der Waals surface area contributed by atoms with Crippen molar-refractivity contribution in [3.05, 3.63) is 23.8 Å². The van der Waals surface area contributed by atoms with Gasteiger partial charge in [0.25, 0.3) is 0 Å². The van der Waals surface area contributed by atoms with Gasteiger partial charge in [0.05, 0.1) is 5.69 Å². The molecule has 2 aliphatic rings. The lowest BCUT2D eigenvalue weighted by atomic mass is 10.1. The van der Waals surface area contributed by atoms with E-state index in [1.54, 1.807) is 30.0 Å². The summed E-state index contributed by atoms with van der Waals surface area (Å²) < 4.78 is 0.